The summed E-state index contributed by atoms with van der Waals surface area (Å²) < 4.78 is 10.0. The Balaban J connectivity index is 2.78. The molecule has 0 saturated heterocycles. The van der Waals surface area contributed by atoms with Crippen molar-refractivity contribution in [2.75, 3.05) is 27.8 Å². The SMILES string of the molecule is COC(=O)N(C)CCc1cc(C)c(C)cc1OC. The summed E-state index contributed by atoms with van der Waals surface area (Å²) in [4.78, 5) is 12.8. The van der Waals surface area contributed by atoms with Gasteiger partial charge in [0.25, 0.3) is 0 Å². The van der Waals surface area contributed by atoms with Crippen LogP contribution in [0.1, 0.15) is 16.7 Å². The Labute approximate surface area is 108 Å². The van der Waals surface area contributed by atoms with E-state index in [-0.39, 0.29) is 6.09 Å². The van der Waals surface area contributed by atoms with Gasteiger partial charge >= 0.3 is 6.09 Å². The lowest BCUT2D eigenvalue weighted by Crippen LogP contribution is -2.28. The molecule has 0 saturated carbocycles. The third kappa shape index (κ3) is 3.39. The Kier molecular flexibility index (Phi) is 5.01. The maximum atomic E-state index is 11.3. The highest BCUT2D eigenvalue weighted by Gasteiger charge is 2.11. The minimum atomic E-state index is -0.321. The Bertz CT molecular complexity index is 429. The van der Waals surface area contributed by atoms with E-state index in [1.807, 2.05) is 6.07 Å². The third-order valence-corrected chi connectivity index (χ3v) is 3.10. The Morgan fingerprint density at radius 3 is 2.39 bits per heavy atom. The number of methoxy groups -OCH3 is 2. The van der Waals surface area contributed by atoms with Gasteiger partial charge in [0.15, 0.2) is 0 Å². The summed E-state index contributed by atoms with van der Waals surface area (Å²) >= 11 is 0. The lowest BCUT2D eigenvalue weighted by atomic mass is 10.0. The summed E-state index contributed by atoms with van der Waals surface area (Å²) in [5, 5.41) is 0. The molecule has 0 aliphatic heterocycles. The van der Waals surface area contributed by atoms with Crippen molar-refractivity contribution < 1.29 is 14.3 Å². The van der Waals surface area contributed by atoms with Crippen molar-refractivity contribution in [3.8, 4) is 5.75 Å². The van der Waals surface area contributed by atoms with Gasteiger partial charge in [-0.25, -0.2) is 4.79 Å². The van der Waals surface area contributed by atoms with E-state index < -0.39 is 0 Å². The predicted molar refractivity (Wildman–Crippen MR) is 71.2 cm³/mol. The zero-order chi connectivity index (χ0) is 13.7. The second-order valence-electron chi connectivity index (χ2n) is 4.39. The Morgan fingerprint density at radius 1 is 1.22 bits per heavy atom. The molecule has 0 unspecified atom stereocenters. The minimum Gasteiger partial charge on any atom is -0.496 e. The first kappa shape index (κ1) is 14.4. The second kappa shape index (κ2) is 6.28. The number of hydrogen-bond donors (Lipinski definition) is 0. The van der Waals surface area contributed by atoms with Crippen molar-refractivity contribution in [3.63, 3.8) is 0 Å². The maximum absolute atomic E-state index is 11.3. The molecule has 18 heavy (non-hydrogen) atoms. The van der Waals surface area contributed by atoms with Crippen LogP contribution in [0.3, 0.4) is 0 Å². The molecule has 100 valence electrons. The van der Waals surface area contributed by atoms with E-state index in [0.717, 1.165) is 17.7 Å². The molecule has 4 heteroatoms. The van der Waals surface area contributed by atoms with Crippen molar-refractivity contribution in [1.82, 2.24) is 4.90 Å². The fourth-order valence-corrected chi connectivity index (χ4v) is 1.77. The van der Waals surface area contributed by atoms with Crippen LogP contribution in [0.5, 0.6) is 5.75 Å². The van der Waals surface area contributed by atoms with Crippen molar-refractivity contribution >= 4 is 6.09 Å². The molecule has 0 atom stereocenters. The van der Waals surface area contributed by atoms with Crippen molar-refractivity contribution in [1.29, 1.82) is 0 Å². The number of aryl methyl sites for hydroxylation is 2. The van der Waals surface area contributed by atoms with Gasteiger partial charge in [-0.1, -0.05) is 6.07 Å². The van der Waals surface area contributed by atoms with Gasteiger partial charge in [0, 0.05) is 13.6 Å². The molecule has 1 rings (SSSR count). The molecule has 0 aromatic heterocycles. The number of likely N-dealkylation sites (N-methyl/N-ethyl adjacent to an activating group) is 1. The standard InChI is InChI=1S/C14H21NO3/c1-10-8-12(13(17-4)9-11(10)2)6-7-15(3)14(16)18-5/h8-9H,6-7H2,1-5H3. The fourth-order valence-electron chi connectivity index (χ4n) is 1.77. The number of rotatable bonds is 4. The van der Waals surface area contributed by atoms with E-state index in [1.54, 1.807) is 19.1 Å². The van der Waals surface area contributed by atoms with Crippen LogP contribution in [0.2, 0.25) is 0 Å². The molecule has 0 fully saturated rings. The van der Waals surface area contributed by atoms with Gasteiger partial charge in [0.1, 0.15) is 5.75 Å². The van der Waals surface area contributed by atoms with Crippen molar-refractivity contribution in [2.45, 2.75) is 20.3 Å². The minimum absolute atomic E-state index is 0.321. The lowest BCUT2D eigenvalue weighted by Gasteiger charge is -2.17. The van der Waals surface area contributed by atoms with Gasteiger partial charge in [-0.15, -0.1) is 0 Å². The van der Waals surface area contributed by atoms with Crippen LogP contribution in [0.15, 0.2) is 12.1 Å². The Morgan fingerprint density at radius 2 is 1.83 bits per heavy atom. The first-order valence-electron chi connectivity index (χ1n) is 5.92. The van der Waals surface area contributed by atoms with Crippen LogP contribution >= 0.6 is 0 Å². The summed E-state index contributed by atoms with van der Waals surface area (Å²) in [6, 6.07) is 4.14. The van der Waals surface area contributed by atoms with E-state index in [4.69, 9.17) is 4.74 Å². The summed E-state index contributed by atoms with van der Waals surface area (Å²) in [7, 11) is 4.77. The van der Waals surface area contributed by atoms with Crippen molar-refractivity contribution in [2.24, 2.45) is 0 Å². The van der Waals surface area contributed by atoms with Gasteiger partial charge in [0.05, 0.1) is 14.2 Å². The number of carbonyl (C=O) groups excluding carboxylic acids is 1. The number of nitrogens with zero attached hydrogens (tertiary/aromatic N) is 1. The number of ether oxygens (including phenoxy) is 2. The summed E-state index contributed by atoms with van der Waals surface area (Å²) in [6.07, 6.45) is 0.424. The predicted octanol–water partition coefficient (Wildman–Crippen LogP) is 2.55. The van der Waals surface area contributed by atoms with Crippen LogP contribution < -0.4 is 4.74 Å². The maximum Gasteiger partial charge on any atom is 0.409 e. The topological polar surface area (TPSA) is 38.8 Å². The molecule has 0 radical (unpaired) electrons. The number of benzene rings is 1. The largest absolute Gasteiger partial charge is 0.496 e. The van der Waals surface area contributed by atoms with E-state index in [9.17, 15) is 4.79 Å². The van der Waals surface area contributed by atoms with Gasteiger partial charge in [-0.05, 0) is 43.0 Å². The average molecular weight is 251 g/mol. The smallest absolute Gasteiger partial charge is 0.409 e. The van der Waals surface area contributed by atoms with Crippen molar-refractivity contribution in [3.05, 3.63) is 28.8 Å². The first-order valence-corrected chi connectivity index (χ1v) is 5.92. The molecule has 1 aromatic rings. The lowest BCUT2D eigenvalue weighted by molar-refractivity contribution is 0.134. The highest BCUT2D eigenvalue weighted by Crippen LogP contribution is 2.23. The average Bonchev–Trinajstić information content (AvgIpc) is 2.38. The van der Waals surface area contributed by atoms with E-state index in [1.165, 1.54) is 18.2 Å². The third-order valence-electron chi connectivity index (χ3n) is 3.10. The molecule has 0 spiro atoms. The van der Waals surface area contributed by atoms with Crippen LogP contribution in [-0.2, 0) is 11.2 Å². The molecular formula is C14H21NO3. The van der Waals surface area contributed by atoms with Crippen LogP contribution in [-0.4, -0.2) is 38.8 Å². The Hall–Kier alpha value is -1.71. The highest BCUT2D eigenvalue weighted by atomic mass is 16.5. The number of hydrogen-bond acceptors (Lipinski definition) is 3. The van der Waals surface area contributed by atoms with E-state index >= 15 is 0 Å². The molecule has 1 aromatic carbocycles. The molecule has 0 bridgehead atoms. The molecular weight excluding hydrogens is 230 g/mol. The summed E-state index contributed by atoms with van der Waals surface area (Å²) in [6.45, 7) is 4.73. The zero-order valence-corrected chi connectivity index (χ0v) is 11.7. The molecule has 0 aliphatic rings. The van der Waals surface area contributed by atoms with Gasteiger partial charge < -0.3 is 14.4 Å². The molecule has 0 N–H and O–H groups in total. The van der Waals surface area contributed by atoms with Gasteiger partial charge in [-0.3, -0.25) is 0 Å². The quantitative estimate of drug-likeness (QED) is 0.825. The van der Waals surface area contributed by atoms with E-state index in [0.29, 0.717) is 6.54 Å². The van der Waals surface area contributed by atoms with Crippen LogP contribution in [0.25, 0.3) is 0 Å². The van der Waals surface area contributed by atoms with Gasteiger partial charge in [-0.2, -0.15) is 0 Å². The molecule has 0 aliphatic carbocycles. The van der Waals surface area contributed by atoms with Crippen LogP contribution in [0.4, 0.5) is 4.79 Å². The summed E-state index contributed by atoms with van der Waals surface area (Å²) in [5.74, 6) is 0.872. The summed E-state index contributed by atoms with van der Waals surface area (Å²) in [5.41, 5.74) is 3.54. The number of amides is 1. The van der Waals surface area contributed by atoms with Crippen LogP contribution in [0, 0.1) is 13.8 Å². The highest BCUT2D eigenvalue weighted by molar-refractivity contribution is 5.66. The normalized spacial score (nSPS) is 10.1. The van der Waals surface area contributed by atoms with Gasteiger partial charge in [0.2, 0.25) is 0 Å². The molecule has 0 heterocycles. The molecule has 4 nitrogen and oxygen atoms in total. The fraction of sp³-hybridized carbons (Fsp3) is 0.500. The first-order chi connectivity index (χ1) is 8.49. The van der Waals surface area contributed by atoms with E-state index in [2.05, 4.69) is 24.7 Å². The number of carbonyl (C=O) groups is 1. The monoisotopic (exact) mass is 251 g/mol. The molecule has 1 amide bonds. The zero-order valence-electron chi connectivity index (χ0n) is 11.7. The second-order valence-corrected chi connectivity index (χ2v) is 4.39.